The summed E-state index contributed by atoms with van der Waals surface area (Å²) in [4.78, 5) is 28.6. The van der Waals surface area contributed by atoms with Crippen LogP contribution in [0, 0.1) is 0 Å². The van der Waals surface area contributed by atoms with Crippen LogP contribution in [0.1, 0.15) is 116 Å². The van der Waals surface area contributed by atoms with E-state index in [0.29, 0.717) is 0 Å². The van der Waals surface area contributed by atoms with Crippen molar-refractivity contribution in [2.75, 3.05) is 6.54 Å². The first kappa shape index (κ1) is 50.6. The van der Waals surface area contributed by atoms with Gasteiger partial charge in [0, 0.05) is 28.4 Å². The van der Waals surface area contributed by atoms with E-state index in [9.17, 15) is 0 Å². The molecule has 10 heteroatoms. The van der Waals surface area contributed by atoms with E-state index in [-0.39, 0.29) is 22.2 Å². The van der Waals surface area contributed by atoms with Gasteiger partial charge in [0.15, 0.2) is 0 Å². The van der Waals surface area contributed by atoms with Crippen molar-refractivity contribution in [2.24, 2.45) is 20.0 Å². The highest BCUT2D eigenvalue weighted by molar-refractivity contribution is 7.13. The van der Waals surface area contributed by atoms with Crippen molar-refractivity contribution < 1.29 is 4.42 Å². The summed E-state index contributed by atoms with van der Waals surface area (Å²) in [7, 11) is 0. The fraction of sp³-hybridized carbons (Fsp3) is 0.353. The first-order valence-corrected chi connectivity index (χ1v) is 30.3. The molecule has 0 saturated carbocycles. The van der Waals surface area contributed by atoms with Gasteiger partial charge in [0.2, 0.25) is 0 Å². The van der Waals surface area contributed by atoms with Crippen LogP contribution in [-0.4, -0.2) is 63.1 Å². The monoisotopic (exact) mass is 1060 g/mol. The number of furan rings is 1. The Labute approximate surface area is 468 Å². The van der Waals surface area contributed by atoms with Crippen molar-refractivity contribution >= 4 is 47.2 Å². The summed E-state index contributed by atoms with van der Waals surface area (Å²) < 4.78 is 5.23. The molecule has 8 nitrogen and oxygen atoms in total. The minimum Gasteiger partial charge on any atom is -0.472 e. The lowest BCUT2D eigenvalue weighted by Gasteiger charge is -2.35. The van der Waals surface area contributed by atoms with E-state index < -0.39 is 0 Å². The number of benzene rings is 4. The van der Waals surface area contributed by atoms with Gasteiger partial charge in [-0.05, 0) is 248 Å². The number of hydrogen-bond acceptors (Lipinski definition) is 10. The predicted octanol–water partition coefficient (Wildman–Crippen LogP) is 15.4. The minimum atomic E-state index is 0.142. The van der Waals surface area contributed by atoms with Crippen LogP contribution < -0.4 is 5.32 Å². The van der Waals surface area contributed by atoms with Crippen LogP contribution >= 0.6 is 22.7 Å². The molecule has 1 N–H and O–H groups in total. The maximum Gasteiger partial charge on any atom is 0.115 e. The molecule has 0 bridgehead atoms. The molecule has 0 amide bonds. The van der Waals surface area contributed by atoms with Gasteiger partial charge in [-0.2, -0.15) is 11.3 Å². The van der Waals surface area contributed by atoms with E-state index in [1.54, 1.807) is 35.1 Å². The molecule has 4 aromatic carbocycles. The average molecular weight is 1060 g/mol. The Morgan fingerprint density at radius 2 is 1.03 bits per heavy atom. The lowest BCUT2D eigenvalue weighted by molar-refractivity contribution is 0.362. The molecule has 0 saturated heterocycles. The minimum absolute atomic E-state index is 0.142. The summed E-state index contributed by atoms with van der Waals surface area (Å²) in [6, 6.07) is 35.5. The summed E-state index contributed by atoms with van der Waals surface area (Å²) in [5, 5.41) is 10.2. The van der Waals surface area contributed by atoms with Crippen LogP contribution in [0.3, 0.4) is 0 Å². The fourth-order valence-electron chi connectivity index (χ4n) is 14.3. The first-order chi connectivity index (χ1) is 38.3. The number of aliphatic imine (C=N–C) groups is 4. The number of fused-ring (bicyclic) bond motifs is 4. The average Bonchev–Trinajstić information content (AvgIpc) is 4.43. The zero-order valence-electron chi connectivity index (χ0n) is 44.9. The third-order valence-corrected chi connectivity index (χ3v) is 19.8. The number of nitrogens with one attached hydrogen (secondary N) is 1. The molecule has 4 unspecified atom stereocenters. The normalized spacial score (nSPS) is 24.5. The van der Waals surface area contributed by atoms with Crippen molar-refractivity contribution in [1.82, 2.24) is 15.3 Å². The van der Waals surface area contributed by atoms with Gasteiger partial charge in [-0.1, -0.05) is 78.9 Å². The molecule has 4 aromatic heterocycles. The number of hydrogen-bond donors (Lipinski definition) is 1. The molecule has 0 radical (unpaired) electrons. The number of amidine groups is 1. The second-order valence-corrected chi connectivity index (χ2v) is 24.9. The Balaban J connectivity index is 0.0000000990. The summed E-state index contributed by atoms with van der Waals surface area (Å²) in [6.07, 6.45) is 36.3. The van der Waals surface area contributed by atoms with Crippen molar-refractivity contribution in [3.8, 4) is 43.8 Å². The Bertz CT molecular complexity index is 3260. The second-order valence-electron chi connectivity index (χ2n) is 23.1. The van der Waals surface area contributed by atoms with E-state index in [1.165, 1.54) is 136 Å². The molecule has 8 aromatic rings. The van der Waals surface area contributed by atoms with Crippen molar-refractivity contribution in [3.63, 3.8) is 0 Å². The molecule has 4 spiro atoms. The zero-order chi connectivity index (χ0) is 52.4. The summed E-state index contributed by atoms with van der Waals surface area (Å²) in [5.74, 6) is 1.08. The van der Waals surface area contributed by atoms with Gasteiger partial charge in [-0.15, -0.1) is 11.3 Å². The van der Waals surface area contributed by atoms with Gasteiger partial charge in [-0.3, -0.25) is 20.0 Å². The molecule has 394 valence electrons. The number of aromatic nitrogens is 2. The quantitative estimate of drug-likeness (QED) is 0.190. The molecule has 4 atom stereocenters. The Hall–Kier alpha value is -6.88. The number of rotatable bonds is 4. The highest BCUT2D eigenvalue weighted by Crippen LogP contribution is 2.45. The van der Waals surface area contributed by atoms with Crippen molar-refractivity contribution in [1.29, 1.82) is 0 Å². The summed E-state index contributed by atoms with van der Waals surface area (Å²) in [6.45, 7) is 2.96. The fourth-order valence-corrected chi connectivity index (χ4v) is 15.7. The Morgan fingerprint density at radius 1 is 0.500 bits per heavy atom. The third-order valence-electron chi connectivity index (χ3n) is 18.3. The highest BCUT2D eigenvalue weighted by atomic mass is 32.1. The smallest absolute Gasteiger partial charge is 0.115 e. The third kappa shape index (κ3) is 10.3. The summed E-state index contributed by atoms with van der Waals surface area (Å²) >= 11 is 3.62. The second kappa shape index (κ2) is 21.7. The van der Waals surface area contributed by atoms with E-state index in [1.807, 2.05) is 36.1 Å². The maximum atomic E-state index is 5.23. The van der Waals surface area contributed by atoms with E-state index in [0.717, 1.165) is 69.3 Å². The topological polar surface area (TPSA) is 100 Å². The van der Waals surface area contributed by atoms with Gasteiger partial charge in [0.25, 0.3) is 0 Å². The van der Waals surface area contributed by atoms with E-state index >= 15 is 0 Å². The van der Waals surface area contributed by atoms with Gasteiger partial charge in [0.05, 0.1) is 47.1 Å². The van der Waals surface area contributed by atoms with Crippen molar-refractivity contribution in [2.45, 2.75) is 145 Å². The molecule has 16 rings (SSSR count). The Morgan fingerprint density at radius 3 is 1.50 bits per heavy atom. The lowest BCUT2D eigenvalue weighted by atomic mass is 9.75. The SMILES string of the molecule is C1=NC2(CC1)CCc1c(cccc1-c1cccs1)C2.C1=NC2(CC1)CCc1c(cccc1-c1ccoc1)C2.C1=NC2(CC1)CCc1c(cccc1-c1ccsc1)C2.CC1=NCC2(CCc3c(cccc3-c3cncnc3)C2)N1. The highest BCUT2D eigenvalue weighted by Gasteiger charge is 2.40. The molecular weight excluding hydrogens is 995 g/mol. The Kier molecular flexibility index (Phi) is 14.1. The van der Waals surface area contributed by atoms with Crippen molar-refractivity contribution in [3.05, 3.63) is 189 Å². The van der Waals surface area contributed by atoms with Crippen LogP contribution in [-0.2, 0) is 51.4 Å². The predicted molar refractivity (Wildman–Crippen MR) is 324 cm³/mol. The van der Waals surface area contributed by atoms with Gasteiger partial charge >= 0.3 is 0 Å². The first-order valence-electron chi connectivity index (χ1n) is 28.5. The van der Waals surface area contributed by atoms with E-state index in [2.05, 4.69) is 153 Å². The largest absolute Gasteiger partial charge is 0.472 e. The zero-order valence-corrected chi connectivity index (χ0v) is 46.6. The molecule has 4 aliphatic carbocycles. The van der Waals surface area contributed by atoms with Crippen LogP contribution in [0.25, 0.3) is 43.8 Å². The summed E-state index contributed by atoms with van der Waals surface area (Å²) in [5.41, 5.74) is 22.0. The molecular formula is C68H69N7OS2. The number of thiophene rings is 2. The van der Waals surface area contributed by atoms with Crippen LogP contribution in [0.2, 0.25) is 0 Å². The van der Waals surface area contributed by atoms with E-state index in [4.69, 9.17) is 19.4 Å². The lowest BCUT2D eigenvalue weighted by Crippen LogP contribution is -2.49. The molecule has 8 aliphatic rings. The molecule has 78 heavy (non-hydrogen) atoms. The van der Waals surface area contributed by atoms with Gasteiger partial charge < -0.3 is 9.73 Å². The standard InChI is InChI=1S/C17H18N4.C17H17NO.2C17H17NS/c1-12-20-10-17(21-12)6-5-16-13(7-17)3-2-4-15(16)14-8-18-11-19-9-14;1-3-13-11-17(7-2-9-18-17)8-5-16(13)15(4-1)14-6-10-19-12-14;1-4-13-12-17(8-3-10-18-17)9-7-14(13)15(5-1)16-6-2-11-19-16;1-3-13-11-17(7-2-9-18-17)8-5-16(13)15(4-1)14-6-10-19-12-14/h2-4,8-9,11H,5-7,10H2,1H3,(H,20,21);1,3-4,6,9-10,12H,2,5,7-8,11H2;1-2,4-6,10-11H,3,7-9,12H2;1,3-4,6,9-10,12H,2,5,7-8,11H2. The van der Waals surface area contributed by atoms with Gasteiger partial charge in [-0.25, -0.2) is 9.97 Å². The molecule has 8 heterocycles. The maximum absolute atomic E-state index is 5.23. The van der Waals surface area contributed by atoms with Gasteiger partial charge in [0.1, 0.15) is 6.33 Å². The molecule has 0 fully saturated rings. The van der Waals surface area contributed by atoms with Crippen LogP contribution in [0.4, 0.5) is 0 Å². The number of nitrogens with zero attached hydrogens (tertiary/aromatic N) is 6. The molecule has 4 aliphatic heterocycles. The van der Waals surface area contributed by atoms with Crippen LogP contribution in [0.5, 0.6) is 0 Å². The van der Waals surface area contributed by atoms with Crippen LogP contribution in [0.15, 0.2) is 169 Å².